The van der Waals surface area contributed by atoms with E-state index in [0.717, 1.165) is 22.4 Å². The van der Waals surface area contributed by atoms with Crippen LogP contribution < -0.4 is 9.47 Å². The van der Waals surface area contributed by atoms with Gasteiger partial charge in [0, 0.05) is 23.7 Å². The van der Waals surface area contributed by atoms with Gasteiger partial charge in [0.25, 0.3) is 0 Å². The average Bonchev–Trinajstić information content (AvgIpc) is 3.23. The van der Waals surface area contributed by atoms with E-state index in [0.29, 0.717) is 36.8 Å². The molecule has 0 unspecified atom stereocenters. The number of allylic oxidation sites excluding steroid dienone is 1. The van der Waals surface area contributed by atoms with E-state index in [1.165, 1.54) is 0 Å². The van der Waals surface area contributed by atoms with Crippen LogP contribution in [-0.4, -0.2) is 43.4 Å². The average molecular weight is 411 g/mol. The highest BCUT2D eigenvalue weighted by atomic mass is 32.2. The van der Waals surface area contributed by atoms with E-state index in [2.05, 4.69) is 0 Å². The summed E-state index contributed by atoms with van der Waals surface area (Å²) >= 11 is 0. The van der Waals surface area contributed by atoms with Crippen LogP contribution in [0.2, 0.25) is 0 Å². The fourth-order valence-electron chi connectivity index (χ4n) is 4.26. The summed E-state index contributed by atoms with van der Waals surface area (Å²) in [5.41, 5.74) is 3.14. The summed E-state index contributed by atoms with van der Waals surface area (Å²) in [4.78, 5) is 15.0. The van der Waals surface area contributed by atoms with Crippen LogP contribution in [-0.2, 0) is 16.4 Å². The Kier molecular flexibility index (Phi) is 4.26. The van der Waals surface area contributed by atoms with Gasteiger partial charge in [0.15, 0.2) is 15.6 Å². The van der Waals surface area contributed by atoms with Crippen molar-refractivity contribution >= 4 is 21.7 Å². The molecule has 0 amide bonds. The highest BCUT2D eigenvalue weighted by Gasteiger charge is 2.37. The number of Topliss-reactive ketones (excluding diaryl/α,β-unsaturated/α-hetero) is 1. The molecule has 0 spiro atoms. The molecular weight excluding hydrogens is 390 g/mol. The number of hydrogen-bond acceptors (Lipinski definition) is 6. The van der Waals surface area contributed by atoms with Crippen molar-refractivity contribution in [3.63, 3.8) is 0 Å². The number of ether oxygens (including phenoxy) is 2. The number of carbonyl (C=O) groups is 1. The van der Waals surface area contributed by atoms with Crippen LogP contribution in [0.25, 0.3) is 6.08 Å². The molecule has 1 saturated heterocycles. The van der Waals surface area contributed by atoms with Crippen molar-refractivity contribution < 1.29 is 22.7 Å². The SMILES string of the molecule is Cc1c2c(cc3c1O/C(=C/c1ccccc1)C3=O)CN([C@H]1CCS(=O)(=O)C1)CO2. The number of benzene rings is 2. The number of hydrogen-bond donors (Lipinski definition) is 0. The minimum absolute atomic E-state index is 0.0396. The number of ketones is 1. The van der Waals surface area contributed by atoms with Crippen LogP contribution in [0.1, 0.15) is 33.5 Å². The molecule has 29 heavy (non-hydrogen) atoms. The van der Waals surface area contributed by atoms with E-state index < -0.39 is 9.84 Å². The molecule has 1 atom stereocenters. The van der Waals surface area contributed by atoms with Gasteiger partial charge in [-0.15, -0.1) is 0 Å². The Hall–Kier alpha value is -2.64. The third-order valence-corrected chi connectivity index (χ3v) is 7.54. The minimum atomic E-state index is -2.96. The van der Waals surface area contributed by atoms with Gasteiger partial charge in [-0.3, -0.25) is 9.69 Å². The van der Waals surface area contributed by atoms with Crippen LogP contribution in [0.15, 0.2) is 42.2 Å². The van der Waals surface area contributed by atoms with E-state index in [1.807, 2.05) is 48.2 Å². The summed E-state index contributed by atoms with van der Waals surface area (Å²) < 4.78 is 35.6. The van der Waals surface area contributed by atoms with E-state index >= 15 is 0 Å². The molecule has 5 rings (SSSR count). The third kappa shape index (κ3) is 3.24. The van der Waals surface area contributed by atoms with Gasteiger partial charge in [0.05, 0.1) is 17.1 Å². The number of fused-ring (bicyclic) bond motifs is 2. The molecule has 150 valence electrons. The fraction of sp³-hybridized carbons (Fsp3) is 0.318. The Morgan fingerprint density at radius 3 is 2.69 bits per heavy atom. The molecule has 0 N–H and O–H groups in total. The monoisotopic (exact) mass is 411 g/mol. The summed E-state index contributed by atoms with van der Waals surface area (Å²) in [6, 6.07) is 11.4. The molecule has 0 aromatic heterocycles. The van der Waals surface area contributed by atoms with Crippen LogP contribution in [0.4, 0.5) is 0 Å². The number of carbonyl (C=O) groups excluding carboxylic acids is 1. The van der Waals surface area contributed by atoms with E-state index in [9.17, 15) is 13.2 Å². The van der Waals surface area contributed by atoms with Crippen molar-refractivity contribution in [2.45, 2.75) is 25.9 Å². The van der Waals surface area contributed by atoms with Gasteiger partial charge in [-0.2, -0.15) is 0 Å². The summed E-state index contributed by atoms with van der Waals surface area (Å²) in [5, 5.41) is 0. The second kappa shape index (κ2) is 6.71. The minimum Gasteiger partial charge on any atom is -0.477 e. The van der Waals surface area contributed by atoms with Crippen LogP contribution in [0.5, 0.6) is 11.5 Å². The van der Waals surface area contributed by atoms with Gasteiger partial charge in [0.1, 0.15) is 18.2 Å². The maximum atomic E-state index is 12.9. The molecule has 0 bridgehead atoms. The molecule has 2 aromatic carbocycles. The van der Waals surface area contributed by atoms with Crippen LogP contribution in [0.3, 0.4) is 0 Å². The topological polar surface area (TPSA) is 72.9 Å². The fourth-order valence-corrected chi connectivity index (χ4v) is 6.03. The molecule has 3 aliphatic heterocycles. The number of rotatable bonds is 2. The molecule has 0 saturated carbocycles. The molecule has 3 heterocycles. The maximum Gasteiger partial charge on any atom is 0.231 e. The second-order valence-electron chi connectivity index (χ2n) is 7.79. The van der Waals surface area contributed by atoms with Gasteiger partial charge >= 0.3 is 0 Å². The first-order chi connectivity index (χ1) is 13.9. The summed E-state index contributed by atoms with van der Waals surface area (Å²) in [7, 11) is -2.96. The highest BCUT2D eigenvalue weighted by Crippen LogP contribution is 2.43. The molecule has 6 nitrogen and oxygen atoms in total. The Balaban J connectivity index is 1.45. The Bertz CT molecular complexity index is 1140. The molecule has 0 aliphatic carbocycles. The molecule has 0 radical (unpaired) electrons. The van der Waals surface area contributed by atoms with Crippen molar-refractivity contribution in [1.82, 2.24) is 4.90 Å². The molecular formula is C22H21NO5S. The first kappa shape index (κ1) is 18.4. The van der Waals surface area contributed by atoms with Gasteiger partial charge in [-0.25, -0.2) is 8.42 Å². The first-order valence-electron chi connectivity index (χ1n) is 9.64. The lowest BCUT2D eigenvalue weighted by Gasteiger charge is -2.33. The Morgan fingerprint density at radius 1 is 1.17 bits per heavy atom. The van der Waals surface area contributed by atoms with Gasteiger partial charge < -0.3 is 9.47 Å². The van der Waals surface area contributed by atoms with Gasteiger partial charge in [0.2, 0.25) is 5.78 Å². The van der Waals surface area contributed by atoms with E-state index in [1.54, 1.807) is 6.08 Å². The Morgan fingerprint density at radius 2 is 1.97 bits per heavy atom. The van der Waals surface area contributed by atoms with Crippen LogP contribution >= 0.6 is 0 Å². The van der Waals surface area contributed by atoms with Gasteiger partial charge in [-0.1, -0.05) is 30.3 Å². The summed E-state index contributed by atoms with van der Waals surface area (Å²) in [6.07, 6.45) is 2.37. The zero-order chi connectivity index (χ0) is 20.2. The highest BCUT2D eigenvalue weighted by molar-refractivity contribution is 7.91. The smallest absolute Gasteiger partial charge is 0.231 e. The largest absolute Gasteiger partial charge is 0.477 e. The van der Waals surface area contributed by atoms with Crippen molar-refractivity contribution in [2.75, 3.05) is 18.2 Å². The maximum absolute atomic E-state index is 12.9. The lowest BCUT2D eigenvalue weighted by molar-refractivity contribution is 0.0637. The molecule has 3 aliphatic rings. The second-order valence-corrected chi connectivity index (χ2v) is 10.0. The van der Waals surface area contributed by atoms with Crippen molar-refractivity contribution in [1.29, 1.82) is 0 Å². The molecule has 1 fully saturated rings. The number of sulfone groups is 1. The van der Waals surface area contributed by atoms with E-state index in [-0.39, 0.29) is 23.3 Å². The van der Waals surface area contributed by atoms with Crippen LogP contribution in [0, 0.1) is 6.92 Å². The van der Waals surface area contributed by atoms with E-state index in [4.69, 9.17) is 9.47 Å². The predicted molar refractivity (Wildman–Crippen MR) is 109 cm³/mol. The van der Waals surface area contributed by atoms with Crippen molar-refractivity contribution in [2.24, 2.45) is 0 Å². The predicted octanol–water partition coefficient (Wildman–Crippen LogP) is 2.95. The molecule has 7 heteroatoms. The normalized spacial score (nSPS) is 24.1. The van der Waals surface area contributed by atoms with Crippen molar-refractivity contribution in [3.8, 4) is 11.5 Å². The lowest BCUT2D eigenvalue weighted by Crippen LogP contribution is -2.41. The zero-order valence-corrected chi connectivity index (χ0v) is 16.9. The lowest BCUT2D eigenvalue weighted by atomic mass is 9.99. The van der Waals surface area contributed by atoms with Gasteiger partial charge in [-0.05, 0) is 31.1 Å². The zero-order valence-electron chi connectivity index (χ0n) is 16.1. The quantitative estimate of drug-likeness (QED) is 0.708. The molecule has 2 aromatic rings. The first-order valence-corrected chi connectivity index (χ1v) is 11.5. The summed E-state index contributed by atoms with van der Waals surface area (Å²) in [5.74, 6) is 1.83. The summed E-state index contributed by atoms with van der Waals surface area (Å²) in [6.45, 7) is 2.80. The third-order valence-electron chi connectivity index (χ3n) is 5.79. The number of nitrogens with zero attached hydrogens (tertiary/aromatic N) is 1. The van der Waals surface area contributed by atoms with Crippen molar-refractivity contribution in [3.05, 3.63) is 64.4 Å². The standard InChI is InChI=1S/C22H21NO5S/c1-14-21-16(11-23(13-27-21)17-7-8-29(25,26)12-17)10-18-20(24)19(28-22(14)18)9-15-5-3-2-4-6-15/h2-6,9-10,17H,7-8,11-13H2,1H3/b19-9+/t17-/m0/s1. The Labute approximate surface area is 169 Å².